The summed E-state index contributed by atoms with van der Waals surface area (Å²) >= 11 is 0. The molecule has 4 aromatic rings. The van der Waals surface area contributed by atoms with E-state index in [0.29, 0.717) is 65.2 Å². The largest absolute Gasteiger partial charge is 0.497 e. The second-order valence-corrected chi connectivity index (χ2v) is 11.7. The van der Waals surface area contributed by atoms with Crippen molar-refractivity contribution in [2.24, 2.45) is 0 Å². The second-order valence-electron chi connectivity index (χ2n) is 11.7. The molecule has 238 valence electrons. The predicted molar refractivity (Wildman–Crippen MR) is 179 cm³/mol. The fourth-order valence-electron chi connectivity index (χ4n) is 5.56. The molecule has 3 aromatic carbocycles. The lowest BCUT2D eigenvalue weighted by Gasteiger charge is -2.30. The summed E-state index contributed by atoms with van der Waals surface area (Å²) < 4.78 is 17.2. The summed E-state index contributed by atoms with van der Waals surface area (Å²) in [6.07, 6.45) is 1.01. The van der Waals surface area contributed by atoms with E-state index in [1.54, 1.807) is 32.4 Å². The molecular weight excluding hydrogens is 566 g/mol. The zero-order valence-corrected chi connectivity index (χ0v) is 27.2. The fourth-order valence-corrected chi connectivity index (χ4v) is 5.56. The van der Waals surface area contributed by atoms with Gasteiger partial charge in [0.2, 0.25) is 0 Å². The van der Waals surface area contributed by atoms with Crippen LogP contribution >= 0.6 is 0 Å². The summed E-state index contributed by atoms with van der Waals surface area (Å²) in [5.41, 5.74) is 3.36. The van der Waals surface area contributed by atoms with Gasteiger partial charge in [-0.1, -0.05) is 60.7 Å². The quantitative estimate of drug-likeness (QED) is 0.151. The van der Waals surface area contributed by atoms with Gasteiger partial charge in [0.25, 0.3) is 5.91 Å². The van der Waals surface area contributed by atoms with Crippen molar-refractivity contribution in [1.29, 1.82) is 0 Å². The number of Topliss-reactive ketones (excluding diaryl/α,β-unsaturated/α-hetero) is 1. The number of nitrogens with one attached hydrogen (secondary N) is 1. The van der Waals surface area contributed by atoms with Crippen molar-refractivity contribution in [3.63, 3.8) is 0 Å². The van der Waals surface area contributed by atoms with Crippen LogP contribution in [0.5, 0.6) is 11.5 Å². The lowest BCUT2D eigenvalue weighted by molar-refractivity contribution is -0.122. The van der Waals surface area contributed by atoms with E-state index in [-0.39, 0.29) is 12.4 Å². The topological polar surface area (TPSA) is 90.0 Å². The molecule has 0 aliphatic heterocycles. The number of ether oxygens (including phenoxy) is 3. The fraction of sp³-hybridized carbons (Fsp3) is 0.378. The highest BCUT2D eigenvalue weighted by Gasteiger charge is 2.25. The number of carbonyl (C=O) groups is 2. The number of hydrogen-bond acceptors (Lipinski definition) is 7. The van der Waals surface area contributed by atoms with Crippen molar-refractivity contribution >= 4 is 22.6 Å². The van der Waals surface area contributed by atoms with Crippen LogP contribution in [0.3, 0.4) is 0 Å². The van der Waals surface area contributed by atoms with Gasteiger partial charge in [0.15, 0.2) is 5.78 Å². The van der Waals surface area contributed by atoms with Crippen LogP contribution in [0.15, 0.2) is 78.9 Å². The van der Waals surface area contributed by atoms with Gasteiger partial charge in [-0.25, -0.2) is 4.98 Å². The molecule has 8 nitrogen and oxygen atoms in total. The maximum absolute atomic E-state index is 14.1. The summed E-state index contributed by atoms with van der Waals surface area (Å²) in [5, 5.41) is 3.55. The average Bonchev–Trinajstić information content (AvgIpc) is 3.05. The molecule has 0 aliphatic carbocycles. The van der Waals surface area contributed by atoms with Gasteiger partial charge in [-0.2, -0.15) is 0 Å². The number of rotatable bonds is 16. The van der Waals surface area contributed by atoms with Crippen LogP contribution in [0.4, 0.5) is 0 Å². The summed E-state index contributed by atoms with van der Waals surface area (Å²) in [7, 11) is 3.12. The van der Waals surface area contributed by atoms with Gasteiger partial charge in [-0.15, -0.1) is 0 Å². The molecule has 1 unspecified atom stereocenters. The number of benzene rings is 3. The van der Waals surface area contributed by atoms with E-state index >= 15 is 0 Å². The number of ketones is 1. The Balaban J connectivity index is 1.65. The Morgan fingerprint density at radius 2 is 1.53 bits per heavy atom. The number of carbonyl (C=O) groups excluding carboxylic acids is 2. The van der Waals surface area contributed by atoms with Crippen molar-refractivity contribution in [3.8, 4) is 22.8 Å². The Morgan fingerprint density at radius 1 is 0.867 bits per heavy atom. The van der Waals surface area contributed by atoms with Crippen molar-refractivity contribution in [2.75, 3.05) is 27.4 Å². The minimum absolute atomic E-state index is 0.0526. The third-order valence-electron chi connectivity index (χ3n) is 7.87. The van der Waals surface area contributed by atoms with Crippen LogP contribution < -0.4 is 14.8 Å². The van der Waals surface area contributed by atoms with Crippen LogP contribution in [-0.4, -0.2) is 67.1 Å². The van der Waals surface area contributed by atoms with Gasteiger partial charge in [-0.3, -0.25) is 14.5 Å². The first kappa shape index (κ1) is 33.6. The Kier molecular flexibility index (Phi) is 12.1. The van der Waals surface area contributed by atoms with E-state index in [0.717, 1.165) is 17.7 Å². The standard InChI is InChI=1S/C37H45N3O5/c1-25(2)40(26(3)4)19-13-18-34(41)33(24-45-23-27-14-9-7-10-15-27)39-37(42)30-22-31(28-16-11-8-12-17-28)38-32-20-29(43-5)21-35(44-6)36(30)32/h7-12,14-17,20-22,25-26,33H,13,18-19,23-24H2,1-6H3,(H,39,42). The number of hydrogen-bond donors (Lipinski definition) is 1. The molecule has 1 N–H and O–H groups in total. The molecule has 0 radical (unpaired) electrons. The second kappa shape index (κ2) is 16.2. The van der Waals surface area contributed by atoms with Crippen LogP contribution in [-0.2, 0) is 16.1 Å². The van der Waals surface area contributed by atoms with Crippen LogP contribution in [0, 0.1) is 0 Å². The molecule has 0 saturated heterocycles. The monoisotopic (exact) mass is 611 g/mol. The van der Waals surface area contributed by atoms with E-state index in [4.69, 9.17) is 19.2 Å². The number of aromatic nitrogens is 1. The number of pyridine rings is 1. The number of amides is 1. The Morgan fingerprint density at radius 3 is 2.16 bits per heavy atom. The minimum Gasteiger partial charge on any atom is -0.497 e. The first-order valence-electron chi connectivity index (χ1n) is 15.5. The number of methoxy groups -OCH3 is 2. The zero-order chi connectivity index (χ0) is 32.3. The highest BCUT2D eigenvalue weighted by Crippen LogP contribution is 2.35. The molecule has 0 aliphatic rings. The molecule has 0 bridgehead atoms. The van der Waals surface area contributed by atoms with Crippen LogP contribution in [0.1, 0.15) is 56.5 Å². The lowest BCUT2D eigenvalue weighted by atomic mass is 10.0. The maximum atomic E-state index is 14.1. The lowest BCUT2D eigenvalue weighted by Crippen LogP contribution is -2.44. The molecule has 45 heavy (non-hydrogen) atoms. The molecule has 1 aromatic heterocycles. The first-order chi connectivity index (χ1) is 21.7. The van der Waals surface area contributed by atoms with E-state index < -0.39 is 11.9 Å². The number of fused-ring (bicyclic) bond motifs is 1. The van der Waals surface area contributed by atoms with Gasteiger partial charge in [0, 0.05) is 36.2 Å². The predicted octanol–water partition coefficient (Wildman–Crippen LogP) is 6.70. The van der Waals surface area contributed by atoms with Crippen molar-refractivity contribution in [3.05, 3.63) is 90.0 Å². The normalized spacial score (nSPS) is 12.1. The Labute approximate surface area is 266 Å². The summed E-state index contributed by atoms with van der Waals surface area (Å²) in [4.78, 5) is 35.0. The highest BCUT2D eigenvalue weighted by atomic mass is 16.5. The van der Waals surface area contributed by atoms with Gasteiger partial charge in [0.1, 0.15) is 17.5 Å². The third kappa shape index (κ3) is 8.90. The van der Waals surface area contributed by atoms with Crippen molar-refractivity contribution in [2.45, 2.75) is 65.3 Å². The average molecular weight is 612 g/mol. The third-order valence-corrected chi connectivity index (χ3v) is 7.87. The molecular formula is C37H45N3O5. The van der Waals surface area contributed by atoms with E-state index in [9.17, 15) is 9.59 Å². The molecule has 8 heteroatoms. The molecule has 1 atom stereocenters. The van der Waals surface area contributed by atoms with Gasteiger partial charge in [-0.05, 0) is 52.3 Å². The summed E-state index contributed by atoms with van der Waals surface area (Å²) in [6, 6.07) is 24.6. The van der Waals surface area contributed by atoms with Crippen LogP contribution in [0.25, 0.3) is 22.2 Å². The molecule has 0 saturated carbocycles. The van der Waals surface area contributed by atoms with E-state index in [1.165, 1.54) is 0 Å². The number of nitrogens with zero attached hydrogens (tertiary/aromatic N) is 2. The SMILES string of the molecule is COc1cc(OC)c2c(C(=O)NC(COCc3ccccc3)C(=O)CCCN(C(C)C)C(C)C)cc(-c3ccccc3)nc2c1. The zero-order valence-electron chi connectivity index (χ0n) is 27.2. The van der Waals surface area contributed by atoms with Gasteiger partial charge >= 0.3 is 0 Å². The van der Waals surface area contributed by atoms with Gasteiger partial charge < -0.3 is 19.5 Å². The smallest absolute Gasteiger partial charge is 0.252 e. The molecule has 1 heterocycles. The highest BCUT2D eigenvalue weighted by molar-refractivity contribution is 6.10. The first-order valence-corrected chi connectivity index (χ1v) is 15.5. The molecule has 4 rings (SSSR count). The molecule has 0 spiro atoms. The van der Waals surface area contributed by atoms with Crippen molar-refractivity contribution in [1.82, 2.24) is 15.2 Å². The van der Waals surface area contributed by atoms with Crippen molar-refractivity contribution < 1.29 is 23.8 Å². The van der Waals surface area contributed by atoms with Crippen LogP contribution in [0.2, 0.25) is 0 Å². The maximum Gasteiger partial charge on any atom is 0.252 e. The molecule has 0 fully saturated rings. The summed E-state index contributed by atoms with van der Waals surface area (Å²) in [6.45, 7) is 9.82. The Hall–Kier alpha value is -4.27. The van der Waals surface area contributed by atoms with Gasteiger partial charge in [0.05, 0.1) is 49.6 Å². The summed E-state index contributed by atoms with van der Waals surface area (Å²) in [5.74, 6) is 0.532. The minimum atomic E-state index is -0.833. The Bertz CT molecular complexity index is 1550. The van der Waals surface area contributed by atoms with E-state index in [1.807, 2.05) is 60.7 Å². The van der Waals surface area contributed by atoms with E-state index in [2.05, 4.69) is 37.9 Å². The molecule has 1 amide bonds.